The highest BCUT2D eigenvalue weighted by atomic mass is 19.1. The van der Waals surface area contributed by atoms with Gasteiger partial charge in [-0.15, -0.1) is 0 Å². The predicted molar refractivity (Wildman–Crippen MR) is 72.1 cm³/mol. The molecule has 0 atom stereocenters. The van der Waals surface area contributed by atoms with Crippen molar-refractivity contribution in [3.63, 3.8) is 0 Å². The van der Waals surface area contributed by atoms with Crippen molar-refractivity contribution < 1.29 is 18.3 Å². The van der Waals surface area contributed by atoms with Gasteiger partial charge in [-0.3, -0.25) is 4.79 Å². The van der Waals surface area contributed by atoms with Crippen molar-refractivity contribution in [3.05, 3.63) is 35.4 Å². The van der Waals surface area contributed by atoms with Gasteiger partial charge < -0.3 is 9.64 Å². The zero-order valence-electron chi connectivity index (χ0n) is 11.5. The van der Waals surface area contributed by atoms with Crippen molar-refractivity contribution in [3.8, 4) is 11.8 Å². The van der Waals surface area contributed by atoms with Crippen LogP contribution in [0.15, 0.2) is 18.2 Å². The van der Waals surface area contributed by atoms with Gasteiger partial charge in [-0.25, -0.2) is 8.78 Å². The monoisotopic (exact) mass is 292 g/mol. The Bertz CT molecular complexity index is 612. The van der Waals surface area contributed by atoms with Crippen LogP contribution in [0.2, 0.25) is 0 Å². The molecule has 1 aromatic rings. The van der Waals surface area contributed by atoms with E-state index in [1.807, 2.05) is 0 Å². The van der Waals surface area contributed by atoms with Gasteiger partial charge in [0.15, 0.2) is 6.61 Å². The summed E-state index contributed by atoms with van der Waals surface area (Å²) in [6, 6.07) is 3.76. The van der Waals surface area contributed by atoms with E-state index in [1.165, 1.54) is 4.90 Å². The summed E-state index contributed by atoms with van der Waals surface area (Å²) in [5.41, 5.74) is 0.00444. The van der Waals surface area contributed by atoms with Gasteiger partial charge in [-0.05, 0) is 13.3 Å². The van der Waals surface area contributed by atoms with Crippen LogP contribution in [0, 0.1) is 23.0 Å². The summed E-state index contributed by atoms with van der Waals surface area (Å²) in [7, 11) is 0. The topological polar surface area (TPSA) is 53.3 Å². The first-order valence-electron chi connectivity index (χ1n) is 6.58. The zero-order chi connectivity index (χ0) is 15.4. The Balaban J connectivity index is 2.42. The number of nitrogens with zero attached hydrogens (tertiary/aromatic N) is 2. The van der Waals surface area contributed by atoms with Gasteiger partial charge in [-0.2, -0.15) is 5.26 Å². The lowest BCUT2D eigenvalue weighted by Gasteiger charge is -2.28. The molecule has 0 saturated heterocycles. The third-order valence-electron chi connectivity index (χ3n) is 3.18. The molecule has 0 saturated carbocycles. The van der Waals surface area contributed by atoms with Crippen LogP contribution in [-0.2, 0) is 4.79 Å². The van der Waals surface area contributed by atoms with Gasteiger partial charge in [0.25, 0.3) is 0 Å². The van der Waals surface area contributed by atoms with Gasteiger partial charge in [0.05, 0.1) is 11.3 Å². The van der Waals surface area contributed by atoms with E-state index in [4.69, 9.17) is 10.00 Å². The minimum atomic E-state index is -0.817. The summed E-state index contributed by atoms with van der Waals surface area (Å²) in [5.74, 6) is -1.84. The fraction of sp³-hybridized carbons (Fsp3) is 0.333. The Morgan fingerprint density at radius 3 is 2.62 bits per heavy atom. The number of allylic oxidation sites excluding steroid dienone is 1. The maximum Gasteiger partial charge on any atom is 0.227 e. The Hall–Kier alpha value is -2.42. The average Bonchev–Trinajstić information content (AvgIpc) is 2.44. The third kappa shape index (κ3) is 3.02. The smallest absolute Gasteiger partial charge is 0.227 e. The number of carbonyl (C=O) groups is 1. The summed E-state index contributed by atoms with van der Waals surface area (Å²) >= 11 is 0. The quantitative estimate of drug-likeness (QED) is 0.857. The fourth-order valence-corrected chi connectivity index (χ4v) is 2.29. The minimum Gasteiger partial charge on any atom is -0.479 e. The van der Waals surface area contributed by atoms with E-state index < -0.39 is 11.6 Å². The summed E-state index contributed by atoms with van der Waals surface area (Å²) in [6.45, 7) is 1.80. The van der Waals surface area contributed by atoms with Gasteiger partial charge in [-0.1, -0.05) is 6.08 Å². The maximum absolute atomic E-state index is 14.2. The van der Waals surface area contributed by atoms with E-state index in [0.717, 1.165) is 12.1 Å². The molecule has 0 N–H and O–H groups in total. The molecule has 0 aliphatic carbocycles. The second kappa shape index (κ2) is 6.35. The van der Waals surface area contributed by atoms with Crippen molar-refractivity contribution in [2.24, 2.45) is 0 Å². The van der Waals surface area contributed by atoms with Crippen molar-refractivity contribution in [1.82, 2.24) is 4.90 Å². The van der Waals surface area contributed by atoms with Crippen LogP contribution in [0.1, 0.15) is 25.3 Å². The lowest BCUT2D eigenvalue weighted by Crippen LogP contribution is -2.32. The summed E-state index contributed by atoms with van der Waals surface area (Å²) in [4.78, 5) is 13.2. The van der Waals surface area contributed by atoms with Crippen LogP contribution in [-0.4, -0.2) is 24.0 Å². The Labute approximate surface area is 121 Å². The molecule has 1 amide bonds. The number of rotatable bonds is 4. The Morgan fingerprint density at radius 1 is 1.38 bits per heavy atom. The number of ether oxygens (including phenoxy) is 1. The van der Waals surface area contributed by atoms with E-state index in [-0.39, 0.29) is 29.5 Å². The fourth-order valence-electron chi connectivity index (χ4n) is 2.29. The molecule has 6 heteroatoms. The molecule has 0 fully saturated rings. The first-order valence-corrected chi connectivity index (χ1v) is 6.58. The van der Waals surface area contributed by atoms with E-state index in [2.05, 4.69) is 0 Å². The molecule has 0 unspecified atom stereocenters. The first-order chi connectivity index (χ1) is 10.1. The lowest BCUT2D eigenvalue weighted by atomic mass is 10.0. The molecular weight excluding hydrogens is 278 g/mol. The number of amides is 1. The summed E-state index contributed by atoms with van der Waals surface area (Å²) < 4.78 is 33.2. The van der Waals surface area contributed by atoms with Crippen molar-refractivity contribution >= 4 is 11.6 Å². The molecular formula is C15H14F2N2O2. The van der Waals surface area contributed by atoms with Crippen LogP contribution >= 0.6 is 0 Å². The average molecular weight is 292 g/mol. The van der Waals surface area contributed by atoms with E-state index in [9.17, 15) is 13.6 Å². The highest BCUT2D eigenvalue weighted by Crippen LogP contribution is 2.31. The molecule has 1 aliphatic rings. The number of carbonyl (C=O) groups excluding carboxylic acids is 1. The maximum atomic E-state index is 14.2. The molecule has 21 heavy (non-hydrogen) atoms. The van der Waals surface area contributed by atoms with Crippen LogP contribution in [0.3, 0.4) is 0 Å². The van der Waals surface area contributed by atoms with Crippen molar-refractivity contribution in [2.45, 2.75) is 19.8 Å². The minimum absolute atomic E-state index is 0.0546. The second-order valence-corrected chi connectivity index (χ2v) is 4.47. The highest BCUT2D eigenvalue weighted by Gasteiger charge is 2.26. The van der Waals surface area contributed by atoms with Crippen LogP contribution in [0.25, 0.3) is 5.70 Å². The molecule has 1 heterocycles. The van der Waals surface area contributed by atoms with E-state index in [0.29, 0.717) is 19.4 Å². The normalized spacial score (nSPS) is 14.7. The lowest BCUT2D eigenvalue weighted by molar-refractivity contribution is -0.128. The number of halogens is 2. The molecule has 0 bridgehead atoms. The van der Waals surface area contributed by atoms with Crippen LogP contribution in [0.4, 0.5) is 8.78 Å². The predicted octanol–water partition coefficient (Wildman–Crippen LogP) is 2.85. The summed E-state index contributed by atoms with van der Waals surface area (Å²) in [5, 5.41) is 8.40. The second-order valence-electron chi connectivity index (χ2n) is 4.47. The SMILES string of the molecule is CCN1C(=O)CCC=C1c1c(F)cc(OCC#N)cc1F. The Morgan fingerprint density at radius 2 is 2.05 bits per heavy atom. The molecule has 1 aliphatic heterocycles. The van der Waals surface area contributed by atoms with Crippen molar-refractivity contribution in [1.29, 1.82) is 5.26 Å². The van der Waals surface area contributed by atoms with Gasteiger partial charge >= 0.3 is 0 Å². The molecule has 0 spiro atoms. The van der Waals surface area contributed by atoms with Crippen LogP contribution in [0.5, 0.6) is 5.75 Å². The molecule has 0 radical (unpaired) electrons. The third-order valence-corrected chi connectivity index (χ3v) is 3.18. The van der Waals surface area contributed by atoms with E-state index in [1.54, 1.807) is 19.1 Å². The van der Waals surface area contributed by atoms with Crippen LogP contribution < -0.4 is 4.74 Å². The molecule has 0 aromatic heterocycles. The first kappa shape index (κ1) is 15.0. The summed E-state index contributed by atoms with van der Waals surface area (Å²) in [6.07, 6.45) is 2.45. The van der Waals surface area contributed by atoms with Gasteiger partial charge in [0.1, 0.15) is 23.5 Å². The largest absolute Gasteiger partial charge is 0.479 e. The van der Waals surface area contributed by atoms with E-state index >= 15 is 0 Å². The zero-order valence-corrected chi connectivity index (χ0v) is 11.5. The van der Waals surface area contributed by atoms with Gasteiger partial charge in [0, 0.05) is 25.1 Å². The number of hydrogen-bond acceptors (Lipinski definition) is 3. The molecule has 2 rings (SSSR count). The number of benzene rings is 1. The molecule has 110 valence electrons. The molecule has 1 aromatic carbocycles. The Kier molecular flexibility index (Phi) is 4.53. The van der Waals surface area contributed by atoms with Crippen molar-refractivity contribution in [2.75, 3.05) is 13.2 Å². The number of nitriles is 1. The number of hydrogen-bond donors (Lipinski definition) is 0. The molecule has 4 nitrogen and oxygen atoms in total. The standard InChI is InChI=1S/C15H14F2N2O2/c1-2-19-13(4-3-5-14(19)20)15-11(16)8-10(9-12(15)17)21-7-6-18/h4,8-9H,2-3,5,7H2,1H3. The highest BCUT2D eigenvalue weighted by molar-refractivity contribution is 5.89. The van der Waals surface area contributed by atoms with Gasteiger partial charge in [0.2, 0.25) is 5.91 Å².